The highest BCUT2D eigenvalue weighted by Gasteiger charge is 2.11. The van der Waals surface area contributed by atoms with Gasteiger partial charge in [-0.2, -0.15) is 0 Å². The monoisotopic (exact) mass is 341 g/mol. The summed E-state index contributed by atoms with van der Waals surface area (Å²) in [6.45, 7) is 2.87. The smallest absolute Gasteiger partial charge is 0.411 e. The van der Waals surface area contributed by atoms with Gasteiger partial charge in [0.1, 0.15) is 5.82 Å². The molecule has 0 aliphatic heterocycles. The fraction of sp³-hybridized carbons (Fsp3) is 0.211. The van der Waals surface area contributed by atoms with Crippen molar-refractivity contribution in [1.82, 2.24) is 0 Å². The Kier molecular flexibility index (Phi) is 6.24. The lowest BCUT2D eigenvalue weighted by atomic mass is 10.1. The van der Waals surface area contributed by atoms with E-state index < -0.39 is 6.09 Å². The molecule has 2 aromatic carbocycles. The topological polar surface area (TPSA) is 67.6 Å². The Balaban J connectivity index is 2.18. The maximum absolute atomic E-state index is 13.0. The van der Waals surface area contributed by atoms with E-state index in [1.165, 1.54) is 12.1 Å². The van der Waals surface area contributed by atoms with Crippen LogP contribution in [-0.4, -0.2) is 19.2 Å². The van der Waals surface area contributed by atoms with Crippen LogP contribution in [-0.2, 0) is 11.3 Å². The summed E-state index contributed by atoms with van der Waals surface area (Å²) in [7, 11) is 0. The van der Waals surface area contributed by atoms with Crippen LogP contribution in [0.2, 0.25) is 0 Å². The predicted molar refractivity (Wildman–Crippen MR) is 97.8 cm³/mol. The minimum absolute atomic E-state index is 0.275. The van der Waals surface area contributed by atoms with E-state index >= 15 is 0 Å². The van der Waals surface area contributed by atoms with Gasteiger partial charge in [0.15, 0.2) is 0 Å². The number of ether oxygens (including phenoxy) is 1. The van der Waals surface area contributed by atoms with E-state index in [4.69, 9.17) is 16.9 Å². The van der Waals surface area contributed by atoms with Crippen LogP contribution in [0.15, 0.2) is 42.5 Å². The molecule has 0 bridgehead atoms. The van der Waals surface area contributed by atoms with Gasteiger partial charge in [0.25, 0.3) is 0 Å². The molecule has 2 rings (SSSR count). The summed E-state index contributed by atoms with van der Waals surface area (Å²) in [5.41, 5.74) is 8.59. The Morgan fingerprint density at radius 3 is 2.64 bits per heavy atom. The number of anilines is 3. The zero-order valence-corrected chi connectivity index (χ0v) is 14.0. The number of nitrogens with zero attached hydrogens (tertiary/aromatic N) is 1. The molecule has 130 valence electrons. The van der Waals surface area contributed by atoms with Crippen molar-refractivity contribution in [1.29, 1.82) is 0 Å². The summed E-state index contributed by atoms with van der Waals surface area (Å²) in [5, 5.41) is 2.58. The average Bonchev–Trinajstić information content (AvgIpc) is 2.58. The second kappa shape index (κ2) is 8.60. The quantitative estimate of drug-likeness (QED) is 0.622. The lowest BCUT2D eigenvalue weighted by Crippen LogP contribution is -2.23. The predicted octanol–water partition coefficient (Wildman–Crippen LogP) is 3.62. The first-order chi connectivity index (χ1) is 12.0. The Morgan fingerprint density at radius 2 is 2.04 bits per heavy atom. The van der Waals surface area contributed by atoms with E-state index in [2.05, 4.69) is 11.2 Å². The second-order valence-corrected chi connectivity index (χ2v) is 5.30. The molecule has 2 aromatic rings. The molecule has 0 aliphatic rings. The molecule has 0 spiro atoms. The number of nitrogen functional groups attached to an aromatic ring is 1. The van der Waals surface area contributed by atoms with Crippen molar-refractivity contribution in [3.05, 3.63) is 53.8 Å². The van der Waals surface area contributed by atoms with Crippen molar-refractivity contribution in [2.45, 2.75) is 13.5 Å². The van der Waals surface area contributed by atoms with Crippen molar-refractivity contribution in [2.75, 3.05) is 29.1 Å². The van der Waals surface area contributed by atoms with Crippen LogP contribution < -0.4 is 16.0 Å². The van der Waals surface area contributed by atoms with Crippen molar-refractivity contribution < 1.29 is 13.9 Å². The number of hydrogen-bond acceptors (Lipinski definition) is 4. The maximum atomic E-state index is 13.0. The van der Waals surface area contributed by atoms with Gasteiger partial charge in [-0.1, -0.05) is 18.1 Å². The third kappa shape index (κ3) is 5.15. The van der Waals surface area contributed by atoms with Gasteiger partial charge in [0.2, 0.25) is 0 Å². The molecule has 0 saturated carbocycles. The summed E-state index contributed by atoms with van der Waals surface area (Å²) in [6.07, 6.45) is 4.89. The third-order valence-electron chi connectivity index (χ3n) is 3.48. The van der Waals surface area contributed by atoms with E-state index in [-0.39, 0.29) is 12.4 Å². The summed E-state index contributed by atoms with van der Waals surface area (Å²) in [6, 6.07) is 11.4. The van der Waals surface area contributed by atoms with E-state index in [1.807, 2.05) is 4.90 Å². The Morgan fingerprint density at radius 1 is 1.32 bits per heavy atom. The van der Waals surface area contributed by atoms with Gasteiger partial charge >= 0.3 is 6.09 Å². The van der Waals surface area contributed by atoms with Crippen LogP contribution in [0.4, 0.5) is 26.2 Å². The van der Waals surface area contributed by atoms with Crippen LogP contribution in [0.1, 0.15) is 12.5 Å². The molecule has 0 aromatic heterocycles. The Bertz CT molecular complexity index is 769. The van der Waals surface area contributed by atoms with E-state index in [9.17, 15) is 9.18 Å². The molecule has 25 heavy (non-hydrogen) atoms. The van der Waals surface area contributed by atoms with E-state index in [0.29, 0.717) is 24.5 Å². The van der Waals surface area contributed by atoms with Crippen LogP contribution >= 0.6 is 0 Å². The van der Waals surface area contributed by atoms with Crippen LogP contribution in [0.3, 0.4) is 0 Å². The minimum Gasteiger partial charge on any atom is -0.450 e. The molecule has 0 atom stereocenters. The molecule has 0 fully saturated rings. The first kappa shape index (κ1) is 18.1. The van der Waals surface area contributed by atoms with Crippen LogP contribution in [0.25, 0.3) is 0 Å². The number of hydrogen-bond donors (Lipinski definition) is 2. The minimum atomic E-state index is -0.561. The number of carbonyl (C=O) groups excluding carboxylic acids is 1. The number of halogens is 1. The molecule has 0 heterocycles. The summed E-state index contributed by atoms with van der Waals surface area (Å²) in [5.74, 6) is 2.32. The highest BCUT2D eigenvalue weighted by atomic mass is 19.1. The summed E-state index contributed by atoms with van der Waals surface area (Å²) >= 11 is 0. The lowest BCUT2D eigenvalue weighted by molar-refractivity contribution is 0.168. The van der Waals surface area contributed by atoms with E-state index in [1.54, 1.807) is 37.3 Å². The first-order valence-corrected chi connectivity index (χ1v) is 7.79. The SMILES string of the molecule is C#CCN(Cc1ccc(F)cc1)c1ccc(NC(=O)OCC)c(N)c1. The summed E-state index contributed by atoms with van der Waals surface area (Å²) in [4.78, 5) is 13.4. The molecular formula is C19H20FN3O2. The van der Waals surface area contributed by atoms with Crippen molar-refractivity contribution >= 4 is 23.2 Å². The molecule has 0 unspecified atom stereocenters. The highest BCUT2D eigenvalue weighted by Crippen LogP contribution is 2.26. The van der Waals surface area contributed by atoms with Gasteiger partial charge in [0.05, 0.1) is 24.5 Å². The molecule has 6 heteroatoms. The number of nitrogens with one attached hydrogen (secondary N) is 1. The Hall–Kier alpha value is -3.20. The van der Waals surface area contributed by atoms with Gasteiger partial charge in [-0.05, 0) is 42.8 Å². The van der Waals surface area contributed by atoms with Gasteiger partial charge in [-0.25, -0.2) is 9.18 Å². The average molecular weight is 341 g/mol. The lowest BCUT2D eigenvalue weighted by Gasteiger charge is -2.23. The number of rotatable bonds is 6. The fourth-order valence-electron chi connectivity index (χ4n) is 2.30. The van der Waals surface area contributed by atoms with Gasteiger partial charge in [-0.15, -0.1) is 6.42 Å². The number of terminal acetylenes is 1. The van der Waals surface area contributed by atoms with E-state index in [0.717, 1.165) is 11.3 Å². The first-order valence-electron chi connectivity index (χ1n) is 7.79. The third-order valence-corrected chi connectivity index (χ3v) is 3.48. The largest absolute Gasteiger partial charge is 0.450 e. The number of benzene rings is 2. The van der Waals surface area contributed by atoms with Crippen molar-refractivity contribution in [3.63, 3.8) is 0 Å². The number of amides is 1. The van der Waals surface area contributed by atoms with Crippen molar-refractivity contribution in [3.8, 4) is 12.3 Å². The molecule has 3 N–H and O–H groups in total. The molecule has 5 nitrogen and oxygen atoms in total. The zero-order valence-electron chi connectivity index (χ0n) is 14.0. The molecule has 1 amide bonds. The zero-order chi connectivity index (χ0) is 18.2. The Labute approximate surface area is 146 Å². The highest BCUT2D eigenvalue weighted by molar-refractivity contribution is 5.89. The molecule has 0 aliphatic carbocycles. The molecular weight excluding hydrogens is 321 g/mol. The molecule has 0 saturated heterocycles. The van der Waals surface area contributed by atoms with Gasteiger partial charge < -0.3 is 15.4 Å². The standard InChI is InChI=1S/C19H20FN3O2/c1-3-11-23(13-14-5-7-15(20)8-6-14)16-9-10-18(17(21)12-16)22-19(24)25-4-2/h1,5-10,12H,4,11,13,21H2,2H3,(H,22,24). The number of nitrogens with two attached hydrogens (primary N) is 1. The van der Waals surface area contributed by atoms with Crippen molar-refractivity contribution in [2.24, 2.45) is 0 Å². The maximum Gasteiger partial charge on any atom is 0.411 e. The number of carbonyl (C=O) groups is 1. The second-order valence-electron chi connectivity index (χ2n) is 5.30. The fourth-order valence-corrected chi connectivity index (χ4v) is 2.30. The van der Waals surface area contributed by atoms with Crippen LogP contribution in [0.5, 0.6) is 0 Å². The normalized spacial score (nSPS) is 9.96. The van der Waals surface area contributed by atoms with Crippen LogP contribution in [0, 0.1) is 18.2 Å². The van der Waals surface area contributed by atoms with Gasteiger partial charge in [0, 0.05) is 12.2 Å². The molecule has 0 radical (unpaired) electrons. The van der Waals surface area contributed by atoms with Gasteiger partial charge in [-0.3, -0.25) is 5.32 Å². The summed E-state index contributed by atoms with van der Waals surface area (Å²) < 4.78 is 17.9.